The molecule has 0 unspecified atom stereocenters. The van der Waals surface area contributed by atoms with Crippen molar-refractivity contribution >= 4 is 21.6 Å². The van der Waals surface area contributed by atoms with Crippen LogP contribution in [0, 0.1) is 13.8 Å². The number of sulfonamides is 1. The number of alkyl halides is 3. The summed E-state index contributed by atoms with van der Waals surface area (Å²) in [6.45, 7) is 4.38. The first kappa shape index (κ1) is 27.1. The summed E-state index contributed by atoms with van der Waals surface area (Å²) in [6.07, 6.45) is -3.67. The van der Waals surface area contributed by atoms with E-state index in [1.165, 1.54) is 18.2 Å². The van der Waals surface area contributed by atoms with Crippen LogP contribution in [0.5, 0.6) is 5.75 Å². The minimum Gasteiger partial charge on any atom is -0.492 e. The molecule has 0 aliphatic carbocycles. The van der Waals surface area contributed by atoms with Crippen molar-refractivity contribution in [1.29, 1.82) is 0 Å². The van der Waals surface area contributed by atoms with Crippen LogP contribution in [0.15, 0.2) is 66.7 Å². The molecule has 192 valence electrons. The highest BCUT2D eigenvalue weighted by Crippen LogP contribution is 2.32. The zero-order valence-electron chi connectivity index (χ0n) is 20.1. The highest BCUT2D eigenvalue weighted by Gasteiger charge is 2.31. The summed E-state index contributed by atoms with van der Waals surface area (Å²) in [6, 6.07) is 16.1. The predicted molar refractivity (Wildman–Crippen MR) is 133 cm³/mol. The van der Waals surface area contributed by atoms with E-state index in [0.29, 0.717) is 16.9 Å². The SMILES string of the molecule is Cc1ccc(OCCNC(=O)c2ccc(CN(c3cccc(C(F)(F)F)c3)S(C)(=O)=O)cc2)cc1C. The molecule has 0 bridgehead atoms. The Morgan fingerprint density at radius 2 is 1.67 bits per heavy atom. The van der Waals surface area contributed by atoms with Gasteiger partial charge in [0.15, 0.2) is 0 Å². The first-order chi connectivity index (χ1) is 16.8. The van der Waals surface area contributed by atoms with Crippen LogP contribution in [-0.2, 0) is 22.7 Å². The van der Waals surface area contributed by atoms with E-state index in [1.807, 2.05) is 32.0 Å². The Bertz CT molecular complexity index is 1320. The van der Waals surface area contributed by atoms with Gasteiger partial charge in [-0.3, -0.25) is 9.10 Å². The van der Waals surface area contributed by atoms with Gasteiger partial charge in [-0.25, -0.2) is 8.42 Å². The molecule has 0 saturated carbocycles. The van der Waals surface area contributed by atoms with Gasteiger partial charge >= 0.3 is 6.18 Å². The summed E-state index contributed by atoms with van der Waals surface area (Å²) in [5, 5.41) is 2.75. The molecule has 3 aromatic rings. The van der Waals surface area contributed by atoms with Crippen molar-refractivity contribution in [2.75, 3.05) is 23.7 Å². The van der Waals surface area contributed by atoms with Crippen LogP contribution in [0.3, 0.4) is 0 Å². The Kier molecular flexibility index (Phi) is 8.29. The van der Waals surface area contributed by atoms with E-state index < -0.39 is 21.8 Å². The number of amides is 1. The van der Waals surface area contributed by atoms with Gasteiger partial charge in [0, 0.05) is 5.56 Å². The Balaban J connectivity index is 1.62. The van der Waals surface area contributed by atoms with E-state index in [9.17, 15) is 26.4 Å². The third-order valence-electron chi connectivity index (χ3n) is 5.54. The van der Waals surface area contributed by atoms with Gasteiger partial charge in [-0.1, -0.05) is 24.3 Å². The van der Waals surface area contributed by atoms with Crippen LogP contribution in [0.1, 0.15) is 32.6 Å². The molecule has 0 aliphatic heterocycles. The lowest BCUT2D eigenvalue weighted by atomic mass is 10.1. The molecule has 3 aromatic carbocycles. The summed E-state index contributed by atoms with van der Waals surface area (Å²) in [4.78, 5) is 12.4. The van der Waals surface area contributed by atoms with Crippen molar-refractivity contribution in [1.82, 2.24) is 5.32 Å². The number of halogens is 3. The van der Waals surface area contributed by atoms with Crippen LogP contribution < -0.4 is 14.4 Å². The number of carbonyl (C=O) groups is 1. The molecular weight excluding hydrogens is 493 g/mol. The van der Waals surface area contributed by atoms with Crippen LogP contribution in [-0.4, -0.2) is 33.7 Å². The van der Waals surface area contributed by atoms with Gasteiger partial charge in [-0.15, -0.1) is 0 Å². The van der Waals surface area contributed by atoms with Crippen molar-refractivity contribution in [3.05, 3.63) is 94.5 Å². The average molecular weight is 521 g/mol. The number of nitrogens with one attached hydrogen (secondary N) is 1. The first-order valence-electron chi connectivity index (χ1n) is 11.1. The maximum Gasteiger partial charge on any atom is 0.416 e. The van der Waals surface area contributed by atoms with Gasteiger partial charge < -0.3 is 10.1 Å². The Morgan fingerprint density at radius 3 is 2.28 bits per heavy atom. The van der Waals surface area contributed by atoms with Crippen molar-refractivity contribution in [2.45, 2.75) is 26.6 Å². The Labute approximate surface area is 208 Å². The highest BCUT2D eigenvalue weighted by atomic mass is 32.2. The number of rotatable bonds is 9. The lowest BCUT2D eigenvalue weighted by molar-refractivity contribution is -0.137. The zero-order chi connectivity index (χ0) is 26.5. The largest absolute Gasteiger partial charge is 0.492 e. The van der Waals surface area contributed by atoms with Crippen LogP contribution in [0.25, 0.3) is 0 Å². The molecule has 0 fully saturated rings. The molecule has 6 nitrogen and oxygen atoms in total. The summed E-state index contributed by atoms with van der Waals surface area (Å²) in [5.41, 5.74) is 2.09. The molecule has 3 rings (SSSR count). The minimum atomic E-state index is -4.60. The van der Waals surface area contributed by atoms with Gasteiger partial charge in [0.25, 0.3) is 5.91 Å². The lowest BCUT2D eigenvalue weighted by Crippen LogP contribution is -2.30. The number of benzene rings is 3. The molecule has 1 amide bonds. The zero-order valence-corrected chi connectivity index (χ0v) is 20.9. The molecule has 0 radical (unpaired) electrons. The number of ether oxygens (including phenoxy) is 1. The molecule has 10 heteroatoms. The van der Waals surface area contributed by atoms with E-state index in [0.717, 1.165) is 39.9 Å². The Hall–Kier alpha value is -3.53. The highest BCUT2D eigenvalue weighted by molar-refractivity contribution is 7.92. The third-order valence-corrected chi connectivity index (χ3v) is 6.68. The number of anilines is 1. The van der Waals surface area contributed by atoms with Crippen molar-refractivity contribution in [3.63, 3.8) is 0 Å². The summed E-state index contributed by atoms with van der Waals surface area (Å²) >= 11 is 0. The van der Waals surface area contributed by atoms with E-state index in [-0.39, 0.29) is 31.3 Å². The molecule has 36 heavy (non-hydrogen) atoms. The predicted octanol–water partition coefficient (Wildman–Crippen LogP) is 5.10. The lowest BCUT2D eigenvalue weighted by Gasteiger charge is -2.23. The number of nitrogens with zero attached hydrogens (tertiary/aromatic N) is 1. The van der Waals surface area contributed by atoms with Crippen molar-refractivity contribution < 1.29 is 31.1 Å². The standard InChI is InChI=1S/C26H27F3N2O4S/c1-18-7-12-24(15-19(18)2)35-14-13-30-25(32)21-10-8-20(9-11-21)17-31(36(3,33)34)23-6-4-5-22(16-23)26(27,28)29/h4-12,15-16H,13-14,17H2,1-3H3,(H,30,32). The normalized spacial score (nSPS) is 11.7. The minimum absolute atomic E-state index is 0.0992. The van der Waals surface area contributed by atoms with Gasteiger partial charge in [0.1, 0.15) is 12.4 Å². The maximum absolute atomic E-state index is 13.1. The Morgan fingerprint density at radius 1 is 0.972 bits per heavy atom. The number of hydrogen-bond acceptors (Lipinski definition) is 4. The van der Waals surface area contributed by atoms with E-state index >= 15 is 0 Å². The maximum atomic E-state index is 13.1. The first-order valence-corrected chi connectivity index (χ1v) is 12.9. The van der Waals surface area contributed by atoms with E-state index in [2.05, 4.69) is 5.32 Å². The molecule has 0 aromatic heterocycles. The van der Waals surface area contributed by atoms with E-state index in [4.69, 9.17) is 4.74 Å². The monoisotopic (exact) mass is 520 g/mol. The summed E-state index contributed by atoms with van der Waals surface area (Å²) in [5.74, 6) is 0.385. The average Bonchev–Trinajstić information content (AvgIpc) is 2.81. The second-order valence-corrected chi connectivity index (χ2v) is 10.3. The fourth-order valence-corrected chi connectivity index (χ4v) is 4.28. The fraction of sp³-hybridized carbons (Fsp3) is 0.269. The second kappa shape index (κ2) is 11.0. The smallest absolute Gasteiger partial charge is 0.416 e. The van der Waals surface area contributed by atoms with Gasteiger partial charge in [-0.2, -0.15) is 13.2 Å². The van der Waals surface area contributed by atoms with E-state index in [1.54, 1.807) is 12.1 Å². The van der Waals surface area contributed by atoms with Gasteiger partial charge in [-0.05, 0) is 73.0 Å². The quantitative estimate of drug-likeness (QED) is 0.399. The van der Waals surface area contributed by atoms with Crippen molar-refractivity contribution in [2.24, 2.45) is 0 Å². The number of carbonyl (C=O) groups excluding carboxylic acids is 1. The molecule has 0 saturated heterocycles. The van der Waals surface area contributed by atoms with Crippen LogP contribution in [0.2, 0.25) is 0 Å². The molecular formula is C26H27F3N2O4S. The summed E-state index contributed by atoms with van der Waals surface area (Å²) < 4.78 is 70.5. The van der Waals surface area contributed by atoms with Gasteiger partial charge in [0.05, 0.1) is 30.6 Å². The molecule has 0 heterocycles. The number of aryl methyl sites for hydroxylation is 2. The summed E-state index contributed by atoms with van der Waals surface area (Å²) in [7, 11) is -3.88. The number of hydrogen-bond donors (Lipinski definition) is 1. The molecule has 0 atom stereocenters. The van der Waals surface area contributed by atoms with Crippen LogP contribution >= 0.6 is 0 Å². The second-order valence-electron chi connectivity index (χ2n) is 8.37. The molecule has 0 aliphatic rings. The third kappa shape index (κ3) is 7.24. The topological polar surface area (TPSA) is 75.7 Å². The fourth-order valence-electron chi connectivity index (χ4n) is 3.40. The van der Waals surface area contributed by atoms with Crippen LogP contribution in [0.4, 0.5) is 18.9 Å². The van der Waals surface area contributed by atoms with Gasteiger partial charge in [0.2, 0.25) is 10.0 Å². The molecule has 0 spiro atoms. The molecule has 1 N–H and O–H groups in total. The van der Waals surface area contributed by atoms with Crippen molar-refractivity contribution in [3.8, 4) is 5.75 Å².